The maximum absolute atomic E-state index is 9.10. The predicted octanol–water partition coefficient (Wildman–Crippen LogP) is 7.51. The lowest BCUT2D eigenvalue weighted by Crippen LogP contribution is -2.29. The molecule has 0 heterocycles. The third-order valence-corrected chi connectivity index (χ3v) is 8.21. The zero-order valence-electron chi connectivity index (χ0n) is 16.7. The lowest BCUT2D eigenvalue weighted by molar-refractivity contribution is 0.107. The van der Waals surface area contributed by atoms with Gasteiger partial charge in [-0.1, -0.05) is 45.4 Å². The van der Waals surface area contributed by atoms with Gasteiger partial charge in [-0.2, -0.15) is 5.26 Å². The van der Waals surface area contributed by atoms with Crippen molar-refractivity contribution in [3.05, 3.63) is 0 Å². The first-order chi connectivity index (χ1) is 12.3. The van der Waals surface area contributed by atoms with Gasteiger partial charge in [-0.3, -0.25) is 0 Å². The van der Waals surface area contributed by atoms with E-state index in [2.05, 4.69) is 13.0 Å². The Hall–Kier alpha value is -0.510. The normalized spacial score (nSPS) is 39.7. The molecule has 1 nitrogen and oxygen atoms in total. The summed E-state index contributed by atoms with van der Waals surface area (Å²) in [7, 11) is 0. The van der Waals surface area contributed by atoms with Crippen LogP contribution in [0.4, 0.5) is 0 Å². The monoisotopic (exact) mass is 343 g/mol. The summed E-state index contributed by atoms with van der Waals surface area (Å²) in [5, 5.41) is 9.10. The molecule has 0 aromatic rings. The number of hydrogen-bond acceptors (Lipinski definition) is 1. The van der Waals surface area contributed by atoms with E-state index < -0.39 is 0 Å². The second-order valence-electron chi connectivity index (χ2n) is 9.69. The van der Waals surface area contributed by atoms with Crippen LogP contribution in [-0.4, -0.2) is 0 Å². The third-order valence-electron chi connectivity index (χ3n) is 8.21. The lowest BCUT2D eigenvalue weighted by Gasteiger charge is -2.41. The molecule has 3 rings (SSSR count). The Balaban J connectivity index is 1.34. The summed E-state index contributed by atoms with van der Waals surface area (Å²) in [5.41, 5.74) is 0. The molecular formula is C24H41N. The van der Waals surface area contributed by atoms with Crippen LogP contribution in [-0.2, 0) is 0 Å². The molecule has 3 aliphatic carbocycles. The Morgan fingerprint density at radius 2 is 1.08 bits per heavy atom. The smallest absolute Gasteiger partial charge is 0.0655 e. The van der Waals surface area contributed by atoms with Crippen molar-refractivity contribution < 1.29 is 0 Å². The molecule has 0 saturated heterocycles. The number of hydrogen-bond donors (Lipinski definition) is 0. The third kappa shape index (κ3) is 5.48. The second kappa shape index (κ2) is 9.99. The molecule has 25 heavy (non-hydrogen) atoms. The molecule has 0 radical (unpaired) electrons. The highest BCUT2D eigenvalue weighted by molar-refractivity contribution is 4.90. The van der Waals surface area contributed by atoms with E-state index >= 15 is 0 Å². The van der Waals surface area contributed by atoms with Crippen LogP contribution >= 0.6 is 0 Å². The van der Waals surface area contributed by atoms with Gasteiger partial charge in [0.15, 0.2) is 0 Å². The Kier molecular flexibility index (Phi) is 7.69. The largest absolute Gasteiger partial charge is 0.198 e. The van der Waals surface area contributed by atoms with Crippen molar-refractivity contribution in [2.24, 2.45) is 35.5 Å². The van der Waals surface area contributed by atoms with E-state index in [0.29, 0.717) is 5.92 Å². The SMILES string of the molecule is CCCCC[C@H]1CC[C@H](C2CCC([C@H]3CC[C@@H](C#N)CC3)CC2)CC1. The molecule has 0 aromatic carbocycles. The minimum atomic E-state index is 0.375. The first kappa shape index (κ1) is 19.3. The fourth-order valence-corrected chi connectivity index (χ4v) is 6.44. The standard InChI is InChI=1S/C24H41N/c1-2-3-4-5-19-6-10-21(11-7-19)23-14-16-24(17-15-23)22-12-8-20(18-25)9-13-22/h19-24H,2-17H2,1H3/t19-,20-,21-,22+,23?,24?. The maximum atomic E-state index is 9.10. The molecule has 0 spiro atoms. The van der Waals surface area contributed by atoms with Gasteiger partial charge in [-0.05, 0) is 93.8 Å². The molecule has 3 saturated carbocycles. The van der Waals surface area contributed by atoms with E-state index in [9.17, 15) is 0 Å². The molecule has 1 heteroatoms. The van der Waals surface area contributed by atoms with E-state index in [1.165, 1.54) is 89.9 Å². The van der Waals surface area contributed by atoms with Crippen LogP contribution < -0.4 is 0 Å². The van der Waals surface area contributed by atoms with Crippen LogP contribution in [0.3, 0.4) is 0 Å². The van der Waals surface area contributed by atoms with Gasteiger partial charge in [0.2, 0.25) is 0 Å². The molecular weight excluding hydrogens is 302 g/mol. The van der Waals surface area contributed by atoms with Gasteiger partial charge in [0.05, 0.1) is 6.07 Å². The quantitative estimate of drug-likeness (QED) is 0.458. The Labute approximate surface area is 157 Å². The Morgan fingerprint density at radius 1 is 0.640 bits per heavy atom. The summed E-state index contributed by atoms with van der Waals surface area (Å²) in [6.07, 6.45) is 23.1. The fourth-order valence-electron chi connectivity index (χ4n) is 6.44. The number of unbranched alkanes of at least 4 members (excludes halogenated alkanes) is 2. The van der Waals surface area contributed by atoms with Crippen molar-refractivity contribution in [2.45, 2.75) is 110 Å². The van der Waals surface area contributed by atoms with Crippen LogP contribution in [0, 0.1) is 46.8 Å². The summed E-state index contributed by atoms with van der Waals surface area (Å²) in [6, 6.07) is 2.50. The summed E-state index contributed by atoms with van der Waals surface area (Å²) >= 11 is 0. The average molecular weight is 344 g/mol. The van der Waals surface area contributed by atoms with Crippen LogP contribution in [0.1, 0.15) is 110 Å². The van der Waals surface area contributed by atoms with Crippen molar-refractivity contribution in [1.82, 2.24) is 0 Å². The Morgan fingerprint density at radius 3 is 1.52 bits per heavy atom. The highest BCUT2D eigenvalue weighted by atomic mass is 14.4. The second-order valence-corrected chi connectivity index (χ2v) is 9.69. The summed E-state index contributed by atoms with van der Waals surface area (Å²) in [5.74, 6) is 5.52. The van der Waals surface area contributed by atoms with Crippen molar-refractivity contribution in [3.8, 4) is 6.07 Å². The predicted molar refractivity (Wildman–Crippen MR) is 106 cm³/mol. The van der Waals surface area contributed by atoms with Crippen molar-refractivity contribution >= 4 is 0 Å². The van der Waals surface area contributed by atoms with E-state index in [0.717, 1.165) is 29.6 Å². The topological polar surface area (TPSA) is 23.8 Å². The van der Waals surface area contributed by atoms with Gasteiger partial charge in [-0.25, -0.2) is 0 Å². The van der Waals surface area contributed by atoms with Crippen LogP contribution in [0.25, 0.3) is 0 Å². The summed E-state index contributed by atoms with van der Waals surface area (Å²) in [6.45, 7) is 2.32. The van der Waals surface area contributed by atoms with Crippen molar-refractivity contribution in [1.29, 1.82) is 5.26 Å². The molecule has 0 amide bonds. The summed E-state index contributed by atoms with van der Waals surface area (Å²) in [4.78, 5) is 0. The highest BCUT2D eigenvalue weighted by Gasteiger charge is 2.34. The van der Waals surface area contributed by atoms with E-state index in [4.69, 9.17) is 5.26 Å². The van der Waals surface area contributed by atoms with Gasteiger partial charge >= 0.3 is 0 Å². The van der Waals surface area contributed by atoms with Gasteiger partial charge in [-0.15, -0.1) is 0 Å². The zero-order valence-corrected chi connectivity index (χ0v) is 16.7. The molecule has 0 N–H and O–H groups in total. The molecule has 0 atom stereocenters. The van der Waals surface area contributed by atoms with Gasteiger partial charge < -0.3 is 0 Å². The van der Waals surface area contributed by atoms with Gasteiger partial charge in [0.25, 0.3) is 0 Å². The van der Waals surface area contributed by atoms with Crippen LogP contribution in [0.15, 0.2) is 0 Å². The van der Waals surface area contributed by atoms with Crippen molar-refractivity contribution in [3.63, 3.8) is 0 Å². The average Bonchev–Trinajstić information content (AvgIpc) is 2.69. The Bertz CT molecular complexity index is 398. The van der Waals surface area contributed by atoms with E-state index in [-0.39, 0.29) is 0 Å². The molecule has 0 aromatic heterocycles. The maximum Gasteiger partial charge on any atom is 0.0655 e. The fraction of sp³-hybridized carbons (Fsp3) is 0.958. The van der Waals surface area contributed by atoms with E-state index in [1.54, 1.807) is 12.8 Å². The molecule has 0 bridgehead atoms. The number of nitrogens with zero attached hydrogens (tertiary/aromatic N) is 1. The minimum Gasteiger partial charge on any atom is -0.198 e. The number of nitriles is 1. The van der Waals surface area contributed by atoms with Gasteiger partial charge in [0, 0.05) is 5.92 Å². The molecule has 0 unspecified atom stereocenters. The molecule has 0 aliphatic heterocycles. The minimum absolute atomic E-state index is 0.375. The first-order valence-corrected chi connectivity index (χ1v) is 11.7. The van der Waals surface area contributed by atoms with Crippen molar-refractivity contribution in [2.75, 3.05) is 0 Å². The first-order valence-electron chi connectivity index (χ1n) is 11.7. The van der Waals surface area contributed by atoms with E-state index in [1.807, 2.05) is 0 Å². The highest BCUT2D eigenvalue weighted by Crippen LogP contribution is 2.46. The molecule has 3 aliphatic rings. The van der Waals surface area contributed by atoms with Crippen LogP contribution in [0.2, 0.25) is 0 Å². The zero-order chi connectivity index (χ0) is 17.5. The molecule has 142 valence electrons. The van der Waals surface area contributed by atoms with Gasteiger partial charge in [0.1, 0.15) is 0 Å². The summed E-state index contributed by atoms with van der Waals surface area (Å²) < 4.78 is 0. The lowest BCUT2D eigenvalue weighted by atomic mass is 9.65. The molecule has 3 fully saturated rings. The van der Waals surface area contributed by atoms with Crippen LogP contribution in [0.5, 0.6) is 0 Å². The number of rotatable bonds is 6.